The number of hydrogen-bond donors (Lipinski definition) is 1. The van der Waals surface area contributed by atoms with Crippen molar-refractivity contribution in [3.8, 4) is 17.2 Å². The molecule has 0 saturated carbocycles. The number of nitrogens with one attached hydrogen (secondary N) is 1. The number of carbonyl (C=O) groups excluding carboxylic acids is 1. The zero-order valence-electron chi connectivity index (χ0n) is 14.7. The Balaban J connectivity index is 2.14. The molecule has 0 aromatic heterocycles. The average Bonchev–Trinajstić information content (AvgIpc) is 3.08. The number of amides is 1. The van der Waals surface area contributed by atoms with Crippen LogP contribution in [-0.2, 0) is 9.63 Å². The number of oxime groups is 1. The van der Waals surface area contributed by atoms with Gasteiger partial charge in [0.25, 0.3) is 5.91 Å². The Hall–Kier alpha value is -2.44. The normalized spacial score (nSPS) is 16.4. The number of carbonyl (C=O) groups is 1. The molecule has 1 N–H and O–H groups in total. The summed E-state index contributed by atoms with van der Waals surface area (Å²) in [6.07, 6.45) is -0.222. The van der Waals surface area contributed by atoms with Crippen molar-refractivity contribution >= 4 is 11.6 Å². The fourth-order valence-corrected chi connectivity index (χ4v) is 2.35. The Morgan fingerprint density at radius 1 is 1.25 bits per heavy atom. The van der Waals surface area contributed by atoms with Gasteiger partial charge < -0.3 is 24.4 Å². The van der Waals surface area contributed by atoms with Gasteiger partial charge in [0.15, 0.2) is 11.5 Å². The van der Waals surface area contributed by atoms with E-state index in [-0.39, 0.29) is 5.91 Å². The molecule has 1 aromatic carbocycles. The third-order valence-corrected chi connectivity index (χ3v) is 3.64. The molecule has 1 aromatic rings. The van der Waals surface area contributed by atoms with Crippen LogP contribution in [0.25, 0.3) is 0 Å². The molecule has 1 aliphatic rings. The van der Waals surface area contributed by atoms with Crippen LogP contribution in [0.15, 0.2) is 17.3 Å². The molecule has 1 heterocycles. The Labute approximate surface area is 141 Å². The minimum atomic E-state index is -0.613. The highest BCUT2D eigenvalue weighted by atomic mass is 16.6. The van der Waals surface area contributed by atoms with E-state index in [1.807, 2.05) is 13.8 Å². The maximum atomic E-state index is 12.1. The Kier molecular flexibility index (Phi) is 5.89. The van der Waals surface area contributed by atoms with Crippen LogP contribution in [-0.4, -0.2) is 45.6 Å². The summed E-state index contributed by atoms with van der Waals surface area (Å²) >= 11 is 0. The minimum absolute atomic E-state index is 0.158. The number of rotatable bonds is 7. The summed E-state index contributed by atoms with van der Waals surface area (Å²) in [6.45, 7) is 4.68. The number of benzene rings is 1. The van der Waals surface area contributed by atoms with Gasteiger partial charge in [0.1, 0.15) is 0 Å². The van der Waals surface area contributed by atoms with Crippen LogP contribution in [0.2, 0.25) is 0 Å². The molecule has 1 amide bonds. The van der Waals surface area contributed by atoms with Crippen molar-refractivity contribution in [1.82, 2.24) is 5.32 Å². The predicted molar refractivity (Wildman–Crippen MR) is 90.0 cm³/mol. The van der Waals surface area contributed by atoms with E-state index in [0.717, 1.165) is 5.56 Å². The third kappa shape index (κ3) is 3.90. The van der Waals surface area contributed by atoms with Gasteiger partial charge in [0.2, 0.25) is 11.9 Å². The first-order valence-electron chi connectivity index (χ1n) is 7.80. The smallest absolute Gasteiger partial charge is 0.264 e. The fraction of sp³-hybridized carbons (Fsp3) is 0.529. The van der Waals surface area contributed by atoms with Gasteiger partial charge in [-0.1, -0.05) is 19.0 Å². The molecule has 2 rings (SSSR count). The Bertz CT molecular complexity index is 602. The molecule has 0 radical (unpaired) electrons. The topological polar surface area (TPSA) is 78.4 Å². The quantitative estimate of drug-likeness (QED) is 0.824. The van der Waals surface area contributed by atoms with Gasteiger partial charge in [-0.15, -0.1) is 0 Å². The standard InChI is InChI=1S/C17H24N2O5/c1-10(2)9-18-17(20)15-8-12(19-24-15)11-6-13(21-3)16(23-5)14(7-11)22-4/h6-7,10,15H,8-9H2,1-5H3,(H,18,20)/t15-/m1/s1. The van der Waals surface area contributed by atoms with Crippen LogP contribution in [0.5, 0.6) is 17.2 Å². The van der Waals surface area contributed by atoms with Crippen molar-refractivity contribution in [2.45, 2.75) is 26.4 Å². The van der Waals surface area contributed by atoms with Crippen molar-refractivity contribution in [1.29, 1.82) is 0 Å². The van der Waals surface area contributed by atoms with Crippen molar-refractivity contribution in [2.24, 2.45) is 11.1 Å². The number of hydrogen-bond acceptors (Lipinski definition) is 6. The van der Waals surface area contributed by atoms with E-state index >= 15 is 0 Å². The Morgan fingerprint density at radius 2 is 1.88 bits per heavy atom. The number of methoxy groups -OCH3 is 3. The molecule has 7 heteroatoms. The maximum absolute atomic E-state index is 12.1. The maximum Gasteiger partial charge on any atom is 0.264 e. The van der Waals surface area contributed by atoms with Crippen molar-refractivity contribution in [3.05, 3.63) is 17.7 Å². The molecule has 0 fully saturated rings. The molecule has 7 nitrogen and oxygen atoms in total. The lowest BCUT2D eigenvalue weighted by molar-refractivity contribution is -0.131. The second kappa shape index (κ2) is 7.90. The molecule has 1 atom stereocenters. The average molecular weight is 336 g/mol. The van der Waals surface area contributed by atoms with E-state index in [1.54, 1.807) is 33.5 Å². The zero-order chi connectivity index (χ0) is 17.7. The number of nitrogens with zero attached hydrogens (tertiary/aromatic N) is 1. The predicted octanol–water partition coefficient (Wildman–Crippen LogP) is 1.98. The highest BCUT2D eigenvalue weighted by Crippen LogP contribution is 2.39. The SMILES string of the molecule is COc1cc(C2=NO[C@@H](C(=O)NCC(C)C)C2)cc(OC)c1OC. The van der Waals surface area contributed by atoms with E-state index in [2.05, 4.69) is 10.5 Å². The van der Waals surface area contributed by atoms with Crippen LogP contribution in [0, 0.1) is 5.92 Å². The summed E-state index contributed by atoms with van der Waals surface area (Å²) in [5, 5.41) is 6.90. The molecule has 0 spiro atoms. The first-order chi connectivity index (χ1) is 11.5. The van der Waals surface area contributed by atoms with E-state index in [4.69, 9.17) is 19.0 Å². The van der Waals surface area contributed by atoms with Gasteiger partial charge in [0.05, 0.1) is 27.0 Å². The van der Waals surface area contributed by atoms with E-state index in [9.17, 15) is 4.79 Å². The molecular formula is C17H24N2O5. The zero-order valence-corrected chi connectivity index (χ0v) is 14.7. The lowest BCUT2D eigenvalue weighted by Gasteiger charge is -2.14. The second-order valence-corrected chi connectivity index (χ2v) is 5.89. The van der Waals surface area contributed by atoms with E-state index < -0.39 is 6.10 Å². The molecule has 1 aliphatic heterocycles. The van der Waals surface area contributed by atoms with Crippen LogP contribution in [0.4, 0.5) is 0 Å². The van der Waals surface area contributed by atoms with Gasteiger partial charge in [-0.3, -0.25) is 4.79 Å². The highest BCUT2D eigenvalue weighted by Gasteiger charge is 2.30. The monoisotopic (exact) mass is 336 g/mol. The van der Waals surface area contributed by atoms with Crippen LogP contribution < -0.4 is 19.5 Å². The summed E-state index contributed by atoms with van der Waals surface area (Å²) < 4.78 is 16.0. The largest absolute Gasteiger partial charge is 0.493 e. The van der Waals surface area contributed by atoms with Crippen molar-refractivity contribution < 1.29 is 23.8 Å². The first kappa shape index (κ1) is 17.9. The molecule has 0 bridgehead atoms. The van der Waals surface area contributed by atoms with Crippen molar-refractivity contribution in [2.75, 3.05) is 27.9 Å². The lowest BCUT2D eigenvalue weighted by atomic mass is 10.0. The molecular weight excluding hydrogens is 312 g/mol. The van der Waals surface area contributed by atoms with Gasteiger partial charge >= 0.3 is 0 Å². The van der Waals surface area contributed by atoms with Gasteiger partial charge in [-0.25, -0.2) is 0 Å². The van der Waals surface area contributed by atoms with E-state index in [0.29, 0.717) is 41.8 Å². The molecule has 132 valence electrons. The number of ether oxygens (including phenoxy) is 3. The van der Waals surface area contributed by atoms with E-state index in [1.165, 1.54) is 0 Å². The molecule has 0 aliphatic carbocycles. The van der Waals surface area contributed by atoms with Gasteiger partial charge in [-0.05, 0) is 18.1 Å². The summed E-state index contributed by atoms with van der Waals surface area (Å²) in [4.78, 5) is 17.4. The molecule has 0 saturated heterocycles. The first-order valence-corrected chi connectivity index (χ1v) is 7.80. The molecule has 24 heavy (non-hydrogen) atoms. The minimum Gasteiger partial charge on any atom is -0.493 e. The fourth-order valence-electron chi connectivity index (χ4n) is 2.35. The second-order valence-electron chi connectivity index (χ2n) is 5.89. The lowest BCUT2D eigenvalue weighted by Crippen LogP contribution is -2.36. The Morgan fingerprint density at radius 3 is 2.38 bits per heavy atom. The summed E-state index contributed by atoms with van der Waals surface area (Å²) in [6, 6.07) is 3.58. The molecule has 0 unspecified atom stereocenters. The van der Waals surface area contributed by atoms with Gasteiger partial charge in [0, 0.05) is 18.5 Å². The van der Waals surface area contributed by atoms with Crippen LogP contribution in [0.1, 0.15) is 25.8 Å². The van der Waals surface area contributed by atoms with Crippen molar-refractivity contribution in [3.63, 3.8) is 0 Å². The highest BCUT2D eigenvalue weighted by molar-refractivity contribution is 6.04. The van der Waals surface area contributed by atoms with Crippen LogP contribution >= 0.6 is 0 Å². The summed E-state index contributed by atoms with van der Waals surface area (Å²) in [5.74, 6) is 1.79. The summed E-state index contributed by atoms with van der Waals surface area (Å²) in [5.41, 5.74) is 1.43. The van der Waals surface area contributed by atoms with Crippen LogP contribution in [0.3, 0.4) is 0 Å². The summed E-state index contributed by atoms with van der Waals surface area (Å²) in [7, 11) is 4.65. The van der Waals surface area contributed by atoms with Gasteiger partial charge in [-0.2, -0.15) is 0 Å². The third-order valence-electron chi connectivity index (χ3n) is 3.64.